The van der Waals surface area contributed by atoms with Gasteiger partial charge in [-0.2, -0.15) is 0 Å². The van der Waals surface area contributed by atoms with E-state index in [1.165, 1.54) is 18.7 Å². The van der Waals surface area contributed by atoms with Gasteiger partial charge in [0, 0.05) is 12.3 Å². The second-order valence-electron chi connectivity index (χ2n) is 2.10. The Morgan fingerprint density at radius 1 is 1.71 bits per heavy atom. The molecule has 1 fully saturated rings. The average molecular weight is 117 g/mol. The Morgan fingerprint density at radius 3 is 2.86 bits per heavy atom. The summed E-state index contributed by atoms with van der Waals surface area (Å²) in [6.07, 6.45) is 1.35. The zero-order chi connectivity index (χ0) is 5.11. The number of hydrogen-bond donors (Lipinski definition) is 1. The van der Waals surface area contributed by atoms with Gasteiger partial charge in [-0.1, -0.05) is 18.9 Å². The van der Waals surface area contributed by atoms with Crippen molar-refractivity contribution >= 4 is 11.9 Å². The quantitative estimate of drug-likeness (QED) is 0.479. The van der Waals surface area contributed by atoms with Crippen LogP contribution in [0.4, 0.5) is 0 Å². The molecule has 2 heteroatoms. The first-order valence-corrected chi connectivity index (χ1v) is 3.73. The Bertz CT molecular complexity index is 50.0. The Morgan fingerprint density at radius 2 is 2.57 bits per heavy atom. The molecule has 0 aromatic rings. The van der Waals surface area contributed by atoms with Crippen LogP contribution in [0, 0.1) is 5.92 Å². The largest absolute Gasteiger partial charge is 0.264 e. The highest BCUT2D eigenvalue weighted by Crippen LogP contribution is 2.12. The minimum absolute atomic E-state index is 0.936. The SMILES string of the molecule is CC1CCNSC1. The van der Waals surface area contributed by atoms with Gasteiger partial charge in [0.25, 0.3) is 0 Å². The van der Waals surface area contributed by atoms with E-state index in [0.29, 0.717) is 0 Å². The number of nitrogens with one attached hydrogen (secondary N) is 1. The fourth-order valence-corrected chi connectivity index (χ4v) is 1.49. The molecule has 0 aliphatic carbocycles. The molecule has 0 radical (unpaired) electrons. The fourth-order valence-electron chi connectivity index (χ4n) is 0.662. The van der Waals surface area contributed by atoms with Crippen molar-refractivity contribution in [3.8, 4) is 0 Å². The summed E-state index contributed by atoms with van der Waals surface area (Å²) in [5.41, 5.74) is 0. The summed E-state index contributed by atoms with van der Waals surface area (Å²) in [7, 11) is 0. The van der Waals surface area contributed by atoms with Crippen LogP contribution in [0.5, 0.6) is 0 Å². The van der Waals surface area contributed by atoms with Gasteiger partial charge in [-0.15, -0.1) is 0 Å². The molecule has 7 heavy (non-hydrogen) atoms. The molecular formula is C5H11NS. The van der Waals surface area contributed by atoms with Crippen molar-refractivity contribution in [1.29, 1.82) is 0 Å². The van der Waals surface area contributed by atoms with E-state index in [1.54, 1.807) is 0 Å². The van der Waals surface area contributed by atoms with Gasteiger partial charge in [-0.25, -0.2) is 0 Å². The fraction of sp³-hybridized carbons (Fsp3) is 1.00. The molecule has 0 bridgehead atoms. The van der Waals surface area contributed by atoms with Crippen LogP contribution < -0.4 is 4.72 Å². The van der Waals surface area contributed by atoms with E-state index < -0.39 is 0 Å². The lowest BCUT2D eigenvalue weighted by Crippen LogP contribution is -2.19. The van der Waals surface area contributed by atoms with E-state index in [2.05, 4.69) is 11.6 Å². The maximum atomic E-state index is 3.23. The van der Waals surface area contributed by atoms with E-state index in [4.69, 9.17) is 0 Å². The summed E-state index contributed by atoms with van der Waals surface area (Å²) in [4.78, 5) is 0. The van der Waals surface area contributed by atoms with Crippen LogP contribution in [0.25, 0.3) is 0 Å². The van der Waals surface area contributed by atoms with Gasteiger partial charge < -0.3 is 0 Å². The van der Waals surface area contributed by atoms with Crippen molar-refractivity contribution in [2.24, 2.45) is 5.92 Å². The molecule has 1 aliphatic rings. The van der Waals surface area contributed by atoms with E-state index in [0.717, 1.165) is 5.92 Å². The lowest BCUT2D eigenvalue weighted by atomic mass is 10.1. The summed E-state index contributed by atoms with van der Waals surface area (Å²) in [6.45, 7) is 3.50. The minimum Gasteiger partial charge on any atom is -0.264 e. The summed E-state index contributed by atoms with van der Waals surface area (Å²) in [5, 5.41) is 0. The maximum absolute atomic E-state index is 3.23. The molecule has 1 saturated heterocycles. The predicted molar refractivity (Wildman–Crippen MR) is 34.2 cm³/mol. The highest BCUT2D eigenvalue weighted by molar-refractivity contribution is 7.97. The first-order chi connectivity index (χ1) is 3.39. The zero-order valence-electron chi connectivity index (χ0n) is 4.61. The maximum Gasteiger partial charge on any atom is 0.0105 e. The standard InChI is InChI=1S/C5H11NS/c1-5-2-3-6-7-4-5/h5-6H,2-4H2,1H3. The molecule has 0 spiro atoms. The van der Waals surface area contributed by atoms with Crippen LogP contribution in [0.3, 0.4) is 0 Å². The predicted octanol–water partition coefficient (Wildman–Crippen LogP) is 1.26. The molecule has 1 unspecified atom stereocenters. The smallest absolute Gasteiger partial charge is 0.0105 e. The van der Waals surface area contributed by atoms with Crippen molar-refractivity contribution < 1.29 is 0 Å². The molecule has 1 nitrogen and oxygen atoms in total. The van der Waals surface area contributed by atoms with Gasteiger partial charge in [-0.3, -0.25) is 4.72 Å². The van der Waals surface area contributed by atoms with Crippen LogP contribution in [0.15, 0.2) is 0 Å². The lowest BCUT2D eigenvalue weighted by molar-refractivity contribution is 0.574. The average Bonchev–Trinajstić information content (AvgIpc) is 1.69. The van der Waals surface area contributed by atoms with Crippen LogP contribution in [0.2, 0.25) is 0 Å². The molecule has 1 heterocycles. The van der Waals surface area contributed by atoms with Crippen LogP contribution >= 0.6 is 11.9 Å². The summed E-state index contributed by atoms with van der Waals surface area (Å²) >= 11 is 1.85. The van der Waals surface area contributed by atoms with E-state index in [9.17, 15) is 0 Å². The van der Waals surface area contributed by atoms with Gasteiger partial charge in [0.1, 0.15) is 0 Å². The topological polar surface area (TPSA) is 12.0 Å². The van der Waals surface area contributed by atoms with Gasteiger partial charge in [-0.05, 0) is 12.3 Å². The third kappa shape index (κ3) is 1.70. The Labute approximate surface area is 49.0 Å². The Kier molecular flexibility index (Phi) is 2.00. The molecule has 0 aromatic heterocycles. The molecule has 0 saturated carbocycles. The molecular weight excluding hydrogens is 106 g/mol. The van der Waals surface area contributed by atoms with E-state index >= 15 is 0 Å². The van der Waals surface area contributed by atoms with Crippen molar-refractivity contribution in [2.75, 3.05) is 12.3 Å². The first-order valence-electron chi connectivity index (χ1n) is 2.74. The molecule has 1 atom stereocenters. The van der Waals surface area contributed by atoms with Gasteiger partial charge in [0.15, 0.2) is 0 Å². The van der Waals surface area contributed by atoms with E-state index in [1.807, 2.05) is 11.9 Å². The van der Waals surface area contributed by atoms with Crippen LogP contribution in [-0.4, -0.2) is 12.3 Å². The van der Waals surface area contributed by atoms with Crippen molar-refractivity contribution in [1.82, 2.24) is 4.72 Å². The third-order valence-electron chi connectivity index (χ3n) is 1.21. The second kappa shape index (κ2) is 2.58. The molecule has 1 aliphatic heterocycles. The number of hydrogen-bond acceptors (Lipinski definition) is 2. The van der Waals surface area contributed by atoms with Gasteiger partial charge in [0.05, 0.1) is 0 Å². The molecule has 0 aromatic carbocycles. The van der Waals surface area contributed by atoms with Crippen LogP contribution in [0.1, 0.15) is 13.3 Å². The number of rotatable bonds is 0. The normalized spacial score (nSPS) is 33.0. The minimum atomic E-state index is 0.936. The van der Waals surface area contributed by atoms with Gasteiger partial charge in [0.2, 0.25) is 0 Å². The zero-order valence-corrected chi connectivity index (χ0v) is 5.42. The highest BCUT2D eigenvalue weighted by atomic mass is 32.2. The van der Waals surface area contributed by atoms with Crippen molar-refractivity contribution in [3.05, 3.63) is 0 Å². The Balaban J connectivity index is 2.12. The third-order valence-corrected chi connectivity index (χ3v) is 2.35. The molecule has 42 valence electrons. The second-order valence-corrected chi connectivity index (χ2v) is 3.01. The summed E-state index contributed by atoms with van der Waals surface area (Å²) in [6, 6.07) is 0. The first kappa shape index (κ1) is 5.45. The van der Waals surface area contributed by atoms with Crippen LogP contribution in [-0.2, 0) is 0 Å². The van der Waals surface area contributed by atoms with E-state index in [-0.39, 0.29) is 0 Å². The Hall–Kier alpha value is 0.310. The lowest BCUT2D eigenvalue weighted by Gasteiger charge is -2.16. The molecule has 1 rings (SSSR count). The monoisotopic (exact) mass is 117 g/mol. The van der Waals surface area contributed by atoms with Crippen molar-refractivity contribution in [2.45, 2.75) is 13.3 Å². The molecule has 1 N–H and O–H groups in total. The highest BCUT2D eigenvalue weighted by Gasteiger charge is 2.05. The van der Waals surface area contributed by atoms with Crippen molar-refractivity contribution in [3.63, 3.8) is 0 Å². The molecule has 0 amide bonds. The summed E-state index contributed by atoms with van der Waals surface area (Å²) < 4.78 is 3.23. The van der Waals surface area contributed by atoms with Gasteiger partial charge >= 0.3 is 0 Å². The summed E-state index contributed by atoms with van der Waals surface area (Å²) in [5.74, 6) is 2.23.